The van der Waals surface area contributed by atoms with E-state index in [0.29, 0.717) is 0 Å². The van der Waals surface area contributed by atoms with E-state index in [2.05, 4.69) is 4.74 Å². The Bertz CT molecular complexity index is 204. The monoisotopic (exact) mass is 239 g/mol. The standard InChI is InChI=1S/C6H6F6O3/c7-5(8,9)1-3(15-4(13)14)2-6(10,11)12/h3H,1-2H2,(H,13,14)/p-1. The molecule has 0 bridgehead atoms. The van der Waals surface area contributed by atoms with E-state index in [-0.39, 0.29) is 0 Å². The van der Waals surface area contributed by atoms with Crippen LogP contribution >= 0.6 is 0 Å². The minimum atomic E-state index is -4.94. The molecule has 0 rings (SSSR count). The van der Waals surface area contributed by atoms with E-state index >= 15 is 0 Å². The van der Waals surface area contributed by atoms with E-state index < -0.39 is 37.5 Å². The Kier molecular flexibility index (Phi) is 4.23. The molecule has 0 saturated carbocycles. The Labute approximate surface area is 79.6 Å². The van der Waals surface area contributed by atoms with Gasteiger partial charge in [-0.05, 0) is 0 Å². The van der Waals surface area contributed by atoms with Gasteiger partial charge in [0.2, 0.25) is 0 Å². The van der Waals surface area contributed by atoms with Crippen LogP contribution in [0.3, 0.4) is 0 Å². The van der Waals surface area contributed by atoms with Crippen LogP contribution in [0.1, 0.15) is 12.8 Å². The number of carboxylic acid groups (broad SMARTS) is 1. The zero-order valence-corrected chi connectivity index (χ0v) is 6.98. The minimum absolute atomic E-state index is 2.00. The molecule has 0 aliphatic heterocycles. The first-order valence-corrected chi connectivity index (χ1v) is 3.51. The highest BCUT2D eigenvalue weighted by Crippen LogP contribution is 2.30. The first-order valence-electron chi connectivity index (χ1n) is 3.51. The first-order chi connectivity index (χ1) is 6.49. The van der Waals surface area contributed by atoms with Gasteiger partial charge in [0.25, 0.3) is 6.16 Å². The number of hydrogen-bond donors (Lipinski definition) is 0. The molecular formula is C6H5F6O3-. The molecule has 0 fully saturated rings. The van der Waals surface area contributed by atoms with Crippen LogP contribution in [-0.2, 0) is 4.74 Å². The predicted molar refractivity (Wildman–Crippen MR) is 31.6 cm³/mol. The number of halogens is 6. The largest absolute Gasteiger partial charge is 0.546 e. The van der Waals surface area contributed by atoms with Gasteiger partial charge in [0.05, 0.1) is 18.9 Å². The minimum Gasteiger partial charge on any atom is -0.546 e. The Morgan fingerprint density at radius 2 is 1.40 bits per heavy atom. The molecule has 0 saturated heterocycles. The lowest BCUT2D eigenvalue weighted by Gasteiger charge is -2.24. The smallest absolute Gasteiger partial charge is 0.391 e. The lowest BCUT2D eigenvalue weighted by Crippen LogP contribution is -2.35. The van der Waals surface area contributed by atoms with Gasteiger partial charge in [0.1, 0.15) is 0 Å². The molecule has 0 aromatic heterocycles. The molecule has 0 aliphatic rings. The maximum atomic E-state index is 11.7. The summed E-state index contributed by atoms with van der Waals surface area (Å²) in [6.07, 6.45) is -18.8. The van der Waals surface area contributed by atoms with Gasteiger partial charge in [-0.25, -0.2) is 0 Å². The van der Waals surface area contributed by atoms with Crippen molar-refractivity contribution >= 4 is 6.16 Å². The Hall–Kier alpha value is -1.15. The normalized spacial score (nSPS) is 13.0. The summed E-state index contributed by atoms with van der Waals surface area (Å²) >= 11 is 0. The summed E-state index contributed by atoms with van der Waals surface area (Å²) in [5, 5.41) is 9.71. The van der Waals surface area contributed by atoms with Crippen LogP contribution in [0.25, 0.3) is 0 Å². The third-order valence-corrected chi connectivity index (χ3v) is 1.18. The molecule has 90 valence electrons. The second kappa shape index (κ2) is 4.58. The van der Waals surface area contributed by atoms with E-state index in [1.54, 1.807) is 0 Å². The van der Waals surface area contributed by atoms with Gasteiger partial charge in [-0.15, -0.1) is 0 Å². The number of ether oxygens (including phenoxy) is 1. The fraction of sp³-hybridized carbons (Fsp3) is 0.833. The summed E-state index contributed by atoms with van der Waals surface area (Å²) in [6.45, 7) is 0. The molecule has 3 nitrogen and oxygen atoms in total. The molecule has 0 N–H and O–H groups in total. The Balaban J connectivity index is 4.39. The van der Waals surface area contributed by atoms with Crippen molar-refractivity contribution in [2.24, 2.45) is 0 Å². The third-order valence-electron chi connectivity index (χ3n) is 1.18. The number of carbonyl (C=O) groups is 1. The quantitative estimate of drug-likeness (QED) is 0.555. The molecule has 0 aromatic rings. The summed E-state index contributed by atoms with van der Waals surface area (Å²) < 4.78 is 73.4. The zero-order valence-electron chi connectivity index (χ0n) is 6.98. The highest BCUT2D eigenvalue weighted by atomic mass is 19.4. The van der Waals surface area contributed by atoms with Crippen LogP contribution in [0.2, 0.25) is 0 Å². The zero-order chi connectivity index (χ0) is 12.3. The number of rotatable bonds is 3. The lowest BCUT2D eigenvalue weighted by molar-refractivity contribution is -0.294. The fourth-order valence-corrected chi connectivity index (χ4v) is 0.808. The fourth-order valence-electron chi connectivity index (χ4n) is 0.808. The van der Waals surface area contributed by atoms with Crippen molar-refractivity contribution < 1.29 is 41.0 Å². The maximum absolute atomic E-state index is 11.7. The molecule has 9 heteroatoms. The van der Waals surface area contributed by atoms with Crippen molar-refractivity contribution in [2.75, 3.05) is 0 Å². The second-order valence-electron chi connectivity index (χ2n) is 2.63. The van der Waals surface area contributed by atoms with Crippen LogP contribution in [0, 0.1) is 0 Å². The molecular weight excluding hydrogens is 234 g/mol. The van der Waals surface area contributed by atoms with Gasteiger partial charge < -0.3 is 14.6 Å². The maximum Gasteiger partial charge on any atom is 0.391 e. The number of carbonyl (C=O) groups excluding carboxylic acids is 1. The van der Waals surface area contributed by atoms with Crippen molar-refractivity contribution in [1.29, 1.82) is 0 Å². The van der Waals surface area contributed by atoms with Crippen LogP contribution in [0.5, 0.6) is 0 Å². The van der Waals surface area contributed by atoms with Crippen molar-refractivity contribution in [2.45, 2.75) is 31.3 Å². The molecule has 15 heavy (non-hydrogen) atoms. The molecule has 0 amide bonds. The Morgan fingerprint density at radius 1 is 1.07 bits per heavy atom. The molecule has 0 heterocycles. The van der Waals surface area contributed by atoms with E-state index in [0.717, 1.165) is 0 Å². The Morgan fingerprint density at radius 3 is 1.60 bits per heavy atom. The van der Waals surface area contributed by atoms with Crippen molar-refractivity contribution in [3.05, 3.63) is 0 Å². The highest BCUT2D eigenvalue weighted by Gasteiger charge is 2.38. The first kappa shape index (κ1) is 13.8. The average molecular weight is 239 g/mol. The average Bonchev–Trinajstić information content (AvgIpc) is 1.73. The topological polar surface area (TPSA) is 49.4 Å². The lowest BCUT2D eigenvalue weighted by atomic mass is 10.2. The van der Waals surface area contributed by atoms with Gasteiger partial charge in [0, 0.05) is 0 Å². The van der Waals surface area contributed by atoms with Gasteiger partial charge in [-0.2, -0.15) is 26.3 Å². The van der Waals surface area contributed by atoms with E-state index in [1.165, 1.54) is 0 Å². The molecule has 0 radical (unpaired) electrons. The van der Waals surface area contributed by atoms with Crippen molar-refractivity contribution in [1.82, 2.24) is 0 Å². The summed E-state index contributed by atoms with van der Waals surface area (Å²) in [5.74, 6) is 0. The van der Waals surface area contributed by atoms with Gasteiger partial charge >= 0.3 is 12.4 Å². The van der Waals surface area contributed by atoms with Crippen molar-refractivity contribution in [3.63, 3.8) is 0 Å². The molecule has 0 aliphatic carbocycles. The molecule has 0 atom stereocenters. The van der Waals surface area contributed by atoms with Crippen LogP contribution in [-0.4, -0.2) is 24.6 Å². The summed E-state index contributed by atoms with van der Waals surface area (Å²) in [6, 6.07) is 0. The van der Waals surface area contributed by atoms with Crippen LogP contribution in [0.4, 0.5) is 31.1 Å². The van der Waals surface area contributed by atoms with Gasteiger partial charge in [0.15, 0.2) is 0 Å². The van der Waals surface area contributed by atoms with E-state index in [9.17, 15) is 36.2 Å². The number of alkyl halides is 6. The summed E-state index contributed by atoms with van der Waals surface area (Å²) in [5.41, 5.74) is 0. The van der Waals surface area contributed by atoms with E-state index in [4.69, 9.17) is 0 Å². The van der Waals surface area contributed by atoms with Crippen LogP contribution < -0.4 is 5.11 Å². The predicted octanol–water partition coefficient (Wildman–Crippen LogP) is 1.62. The van der Waals surface area contributed by atoms with Crippen LogP contribution in [0.15, 0.2) is 0 Å². The molecule has 0 unspecified atom stereocenters. The third kappa shape index (κ3) is 9.16. The van der Waals surface area contributed by atoms with Gasteiger partial charge in [-0.3, -0.25) is 0 Å². The summed E-state index contributed by atoms with van der Waals surface area (Å²) in [4.78, 5) is 9.71. The second-order valence-corrected chi connectivity index (χ2v) is 2.63. The SMILES string of the molecule is O=C([O-])OC(CC(F)(F)F)CC(F)(F)F. The van der Waals surface area contributed by atoms with Crippen molar-refractivity contribution in [3.8, 4) is 0 Å². The number of hydrogen-bond acceptors (Lipinski definition) is 3. The summed E-state index contributed by atoms with van der Waals surface area (Å²) in [7, 11) is 0. The van der Waals surface area contributed by atoms with E-state index in [1.807, 2.05) is 0 Å². The highest BCUT2D eigenvalue weighted by molar-refractivity contribution is 5.54. The molecule has 0 aromatic carbocycles. The van der Waals surface area contributed by atoms with Gasteiger partial charge in [-0.1, -0.05) is 0 Å². The molecule has 0 spiro atoms.